The van der Waals surface area contributed by atoms with Crippen molar-refractivity contribution < 1.29 is 9.81 Å². The molecule has 0 bridgehead atoms. The molecule has 0 unspecified atom stereocenters. The molecule has 1 aromatic heterocycles. The Morgan fingerprint density at radius 2 is 2.19 bits per heavy atom. The zero-order valence-corrected chi connectivity index (χ0v) is 9.17. The first-order chi connectivity index (χ1) is 7.74. The first kappa shape index (κ1) is 11.4. The summed E-state index contributed by atoms with van der Waals surface area (Å²) in [7, 11) is 0.908. The Morgan fingerprint density at radius 3 is 2.75 bits per heavy atom. The van der Waals surface area contributed by atoms with Crippen molar-refractivity contribution in [3.8, 4) is 0 Å². The van der Waals surface area contributed by atoms with Gasteiger partial charge in [-0.05, 0) is 0 Å². The first-order valence-corrected chi connectivity index (χ1v) is 5.54. The Balaban J connectivity index is 2.04. The predicted octanol–water partition coefficient (Wildman–Crippen LogP) is 0.372. The third-order valence-corrected chi connectivity index (χ3v) is 3.16. The Labute approximate surface area is 95.6 Å². The summed E-state index contributed by atoms with van der Waals surface area (Å²) < 4.78 is 10.4. The molecule has 1 aliphatic heterocycles. The summed E-state index contributed by atoms with van der Waals surface area (Å²) >= 11 is 0. The molecule has 2 heterocycles. The summed E-state index contributed by atoms with van der Waals surface area (Å²) in [5, 5.41) is 10.5. The van der Waals surface area contributed by atoms with Crippen LogP contribution in [0.3, 0.4) is 0 Å². The Hall–Kier alpha value is -1.07. The van der Waals surface area contributed by atoms with Crippen LogP contribution in [0.15, 0.2) is 24.4 Å². The van der Waals surface area contributed by atoms with E-state index in [9.17, 15) is 9.81 Å². The second kappa shape index (κ2) is 4.85. The van der Waals surface area contributed by atoms with Crippen molar-refractivity contribution in [3.05, 3.63) is 30.1 Å². The molecule has 0 atom stereocenters. The van der Waals surface area contributed by atoms with Crippen LogP contribution in [0.25, 0.3) is 0 Å². The fraction of sp³-hybridized carbons (Fsp3) is 0.545. The summed E-state index contributed by atoms with van der Waals surface area (Å²) in [6.45, 7) is 1.48. The molecule has 16 heavy (non-hydrogen) atoms. The summed E-state index contributed by atoms with van der Waals surface area (Å²) in [6, 6.07) is 5.59. The number of nitrogens with zero attached hydrogens (tertiary/aromatic N) is 2. The van der Waals surface area contributed by atoms with E-state index in [0.717, 1.165) is 25.9 Å². The van der Waals surface area contributed by atoms with Gasteiger partial charge in [-0.25, -0.2) is 0 Å². The molecule has 0 saturated carbocycles. The molecule has 1 saturated heterocycles. The molecule has 1 fully saturated rings. The number of piperidine rings is 1. The van der Waals surface area contributed by atoms with Crippen molar-refractivity contribution in [3.63, 3.8) is 0 Å². The standard InChI is InChI=1S/C11H15BN2O2/c15-11(10-3-1-2-6-13-10)4-7-14(8-5-11)9-12-16/h1-3,6,15H,4-5,7-9H2. The monoisotopic (exact) mass is 218 g/mol. The zero-order valence-electron chi connectivity index (χ0n) is 9.17. The maximum absolute atomic E-state index is 10.5. The van der Waals surface area contributed by atoms with Crippen LogP contribution >= 0.6 is 0 Å². The summed E-state index contributed by atoms with van der Waals surface area (Å²) in [6.07, 6.45) is 3.43. The van der Waals surface area contributed by atoms with Gasteiger partial charge in [0.2, 0.25) is 0 Å². The molecule has 0 spiro atoms. The average Bonchev–Trinajstić information content (AvgIpc) is 2.34. The molecule has 5 heteroatoms. The molecule has 4 nitrogen and oxygen atoms in total. The molecule has 0 aliphatic carbocycles. The molecule has 0 radical (unpaired) electrons. The van der Waals surface area contributed by atoms with Gasteiger partial charge in [0.05, 0.1) is 0 Å². The van der Waals surface area contributed by atoms with Gasteiger partial charge < -0.3 is 0 Å². The van der Waals surface area contributed by atoms with E-state index >= 15 is 0 Å². The number of hydrogen-bond acceptors (Lipinski definition) is 4. The van der Waals surface area contributed by atoms with E-state index < -0.39 is 5.60 Å². The molecule has 1 aromatic rings. The Kier molecular flexibility index (Phi) is 3.46. The van der Waals surface area contributed by atoms with Gasteiger partial charge in [-0.2, -0.15) is 0 Å². The molecule has 84 valence electrons. The summed E-state index contributed by atoms with van der Waals surface area (Å²) in [4.78, 5) is 6.25. The summed E-state index contributed by atoms with van der Waals surface area (Å²) in [5.41, 5.74) is -0.0820. The van der Waals surface area contributed by atoms with Crippen LogP contribution < -0.4 is 0 Å². The first-order valence-electron chi connectivity index (χ1n) is 5.54. The zero-order chi connectivity index (χ0) is 11.4. The van der Waals surface area contributed by atoms with Crippen LogP contribution in [0.4, 0.5) is 0 Å². The van der Waals surface area contributed by atoms with Crippen LogP contribution in [0.1, 0.15) is 18.5 Å². The van der Waals surface area contributed by atoms with E-state index in [4.69, 9.17) is 0 Å². The SMILES string of the molecule is O=BCN1CCC(O)(c2ccccn2)CC1. The van der Waals surface area contributed by atoms with Gasteiger partial charge in [-0.3, -0.25) is 0 Å². The van der Waals surface area contributed by atoms with Crippen molar-refractivity contribution >= 4 is 7.15 Å². The normalized spacial score (nSPS) is 20.3. The molecular formula is C11H15BN2O2. The van der Waals surface area contributed by atoms with Gasteiger partial charge in [0.15, 0.2) is 0 Å². The number of pyridine rings is 1. The quantitative estimate of drug-likeness (QED) is 0.745. The number of rotatable bonds is 3. The van der Waals surface area contributed by atoms with E-state index in [1.165, 1.54) is 0 Å². The van der Waals surface area contributed by atoms with Gasteiger partial charge in [0.1, 0.15) is 0 Å². The number of likely N-dealkylation sites (tertiary alicyclic amines) is 1. The van der Waals surface area contributed by atoms with E-state index in [-0.39, 0.29) is 0 Å². The second-order valence-electron chi connectivity index (χ2n) is 4.21. The van der Waals surface area contributed by atoms with E-state index in [1.54, 1.807) is 6.20 Å². The van der Waals surface area contributed by atoms with E-state index in [2.05, 4.69) is 4.98 Å². The van der Waals surface area contributed by atoms with Gasteiger partial charge in [0.25, 0.3) is 0 Å². The average molecular weight is 218 g/mol. The molecule has 1 N–H and O–H groups in total. The Bertz CT molecular complexity index is 350. The number of hydrogen-bond donors (Lipinski definition) is 1. The second-order valence-corrected chi connectivity index (χ2v) is 4.21. The van der Waals surface area contributed by atoms with Crippen molar-refractivity contribution in [2.24, 2.45) is 0 Å². The van der Waals surface area contributed by atoms with Gasteiger partial charge >= 0.3 is 94.9 Å². The fourth-order valence-electron chi connectivity index (χ4n) is 2.11. The topological polar surface area (TPSA) is 53.4 Å². The van der Waals surface area contributed by atoms with Crippen molar-refractivity contribution in [1.82, 2.24) is 9.88 Å². The maximum atomic E-state index is 10.5. The van der Waals surface area contributed by atoms with E-state index in [0.29, 0.717) is 19.3 Å². The van der Waals surface area contributed by atoms with E-state index in [1.807, 2.05) is 23.1 Å². The fourth-order valence-corrected chi connectivity index (χ4v) is 2.11. The molecule has 0 aromatic carbocycles. The predicted molar refractivity (Wildman–Crippen MR) is 60.2 cm³/mol. The van der Waals surface area contributed by atoms with Crippen molar-refractivity contribution in [1.29, 1.82) is 0 Å². The van der Waals surface area contributed by atoms with Crippen LogP contribution in [0.5, 0.6) is 0 Å². The molecule has 1 aliphatic rings. The van der Waals surface area contributed by atoms with Crippen LogP contribution in [0.2, 0.25) is 0 Å². The third-order valence-electron chi connectivity index (χ3n) is 3.16. The molecule has 2 rings (SSSR count). The van der Waals surface area contributed by atoms with Crippen molar-refractivity contribution in [2.75, 3.05) is 19.5 Å². The van der Waals surface area contributed by atoms with Gasteiger partial charge in [0, 0.05) is 0 Å². The Morgan fingerprint density at radius 1 is 1.44 bits per heavy atom. The van der Waals surface area contributed by atoms with Crippen molar-refractivity contribution in [2.45, 2.75) is 18.4 Å². The molecule has 0 amide bonds. The minimum absolute atomic E-state index is 0.457. The molecular weight excluding hydrogens is 203 g/mol. The van der Waals surface area contributed by atoms with Gasteiger partial charge in [-0.15, -0.1) is 0 Å². The van der Waals surface area contributed by atoms with Crippen LogP contribution in [-0.2, 0) is 10.3 Å². The minimum atomic E-state index is -0.819. The van der Waals surface area contributed by atoms with Crippen LogP contribution in [0, 0.1) is 0 Å². The number of aliphatic hydroxyl groups is 1. The van der Waals surface area contributed by atoms with Crippen LogP contribution in [-0.4, -0.2) is 41.7 Å². The summed E-state index contributed by atoms with van der Waals surface area (Å²) in [5.74, 6) is 0. The van der Waals surface area contributed by atoms with Gasteiger partial charge in [-0.1, -0.05) is 0 Å². The number of aromatic nitrogens is 1. The third kappa shape index (κ3) is 2.36.